The Morgan fingerprint density at radius 2 is 1.96 bits per heavy atom. The number of nitrogens with zero attached hydrogens (tertiary/aromatic N) is 1. The number of hydrogen-bond donors (Lipinski definition) is 3. The maximum Gasteiger partial charge on any atom is 0.240 e. The van der Waals surface area contributed by atoms with Gasteiger partial charge in [-0.2, -0.15) is 11.8 Å². The van der Waals surface area contributed by atoms with E-state index in [4.69, 9.17) is 0 Å². The van der Waals surface area contributed by atoms with Crippen molar-refractivity contribution in [3.05, 3.63) is 29.8 Å². The zero-order valence-electron chi connectivity index (χ0n) is 15.4. The quantitative estimate of drug-likeness (QED) is 0.290. The monoisotopic (exact) mass is 500 g/mol. The fraction of sp³-hybridized carbons (Fsp3) is 0.562. The highest BCUT2D eigenvalue weighted by Gasteiger charge is 2.16. The maximum absolute atomic E-state index is 11.9. The number of rotatable bonds is 8. The molecule has 0 saturated carbocycles. The first-order valence-corrected chi connectivity index (χ1v) is 10.5. The zero-order valence-corrected chi connectivity index (χ0v) is 19.4. The average Bonchev–Trinajstić information content (AvgIpc) is 2.57. The van der Waals surface area contributed by atoms with Gasteiger partial charge in [0.2, 0.25) is 10.0 Å². The van der Waals surface area contributed by atoms with Crippen LogP contribution < -0.4 is 15.4 Å². The Labute approximate surface area is 173 Å². The van der Waals surface area contributed by atoms with Gasteiger partial charge in [-0.25, -0.2) is 18.1 Å². The molecule has 1 rings (SSSR count). The van der Waals surface area contributed by atoms with E-state index in [1.165, 1.54) is 7.05 Å². The van der Waals surface area contributed by atoms with Gasteiger partial charge in [-0.15, -0.1) is 24.0 Å². The number of benzene rings is 1. The second-order valence-corrected chi connectivity index (χ2v) is 9.27. The van der Waals surface area contributed by atoms with Crippen molar-refractivity contribution in [2.24, 2.45) is 4.99 Å². The molecule has 1 aromatic carbocycles. The predicted octanol–water partition coefficient (Wildman–Crippen LogP) is 2.41. The van der Waals surface area contributed by atoms with E-state index in [0.717, 1.165) is 24.6 Å². The van der Waals surface area contributed by atoms with Crippen molar-refractivity contribution in [1.29, 1.82) is 0 Å². The third-order valence-electron chi connectivity index (χ3n) is 3.48. The van der Waals surface area contributed by atoms with Crippen molar-refractivity contribution in [1.82, 2.24) is 15.4 Å². The molecule has 0 aromatic heterocycles. The summed E-state index contributed by atoms with van der Waals surface area (Å²) in [6.45, 7) is 8.30. The standard InChI is InChI=1S/C16H28N4O2S2.HI/c1-6-18-15(20-12-16(2,3)23-5)19-11-13-8-7-9-14(10-13)24(21,22)17-4;/h7-10,17H,6,11-12H2,1-5H3,(H2,18,19,20);1H. The minimum atomic E-state index is -3.43. The molecule has 25 heavy (non-hydrogen) atoms. The molecule has 9 heteroatoms. The molecule has 0 aliphatic rings. The Morgan fingerprint density at radius 1 is 1.28 bits per heavy atom. The van der Waals surface area contributed by atoms with Crippen molar-refractivity contribution in [2.75, 3.05) is 26.4 Å². The van der Waals surface area contributed by atoms with Crippen LogP contribution in [0.1, 0.15) is 26.3 Å². The van der Waals surface area contributed by atoms with Gasteiger partial charge in [0.1, 0.15) is 0 Å². The summed E-state index contributed by atoms with van der Waals surface area (Å²) in [5.74, 6) is 0.724. The van der Waals surface area contributed by atoms with Gasteiger partial charge in [0.25, 0.3) is 0 Å². The lowest BCUT2D eigenvalue weighted by Gasteiger charge is -2.23. The minimum absolute atomic E-state index is 0. The Balaban J connectivity index is 0.00000576. The highest BCUT2D eigenvalue weighted by atomic mass is 127. The number of guanidine groups is 1. The van der Waals surface area contributed by atoms with Crippen LogP contribution in [0.3, 0.4) is 0 Å². The molecule has 0 spiro atoms. The van der Waals surface area contributed by atoms with Gasteiger partial charge < -0.3 is 10.6 Å². The van der Waals surface area contributed by atoms with E-state index in [-0.39, 0.29) is 33.6 Å². The molecule has 0 amide bonds. The summed E-state index contributed by atoms with van der Waals surface area (Å²) in [4.78, 5) is 4.79. The van der Waals surface area contributed by atoms with E-state index in [2.05, 4.69) is 40.5 Å². The van der Waals surface area contributed by atoms with Crippen molar-refractivity contribution >= 4 is 51.7 Å². The van der Waals surface area contributed by atoms with Crippen molar-refractivity contribution in [2.45, 2.75) is 37.0 Å². The summed E-state index contributed by atoms with van der Waals surface area (Å²) in [6.07, 6.45) is 2.08. The Hall–Kier alpha value is -0.520. The number of sulfonamides is 1. The summed E-state index contributed by atoms with van der Waals surface area (Å²) in [5.41, 5.74) is 0.840. The van der Waals surface area contributed by atoms with E-state index in [9.17, 15) is 8.42 Å². The van der Waals surface area contributed by atoms with Crippen molar-refractivity contribution < 1.29 is 8.42 Å². The average molecular weight is 500 g/mol. The fourth-order valence-corrected chi connectivity index (χ4v) is 2.83. The molecule has 6 nitrogen and oxygen atoms in total. The number of aliphatic imine (C=N–C) groups is 1. The third-order valence-corrected chi connectivity index (χ3v) is 6.14. The first-order chi connectivity index (χ1) is 11.2. The molecule has 0 heterocycles. The molecule has 3 N–H and O–H groups in total. The van der Waals surface area contributed by atoms with Crippen LogP contribution in [-0.2, 0) is 16.6 Å². The largest absolute Gasteiger partial charge is 0.357 e. The first kappa shape index (κ1) is 24.5. The molecule has 0 unspecified atom stereocenters. The van der Waals surface area contributed by atoms with Crippen LogP contribution in [0.5, 0.6) is 0 Å². The molecular formula is C16H29IN4O2S2. The number of nitrogens with one attached hydrogen (secondary N) is 3. The predicted molar refractivity (Wildman–Crippen MR) is 119 cm³/mol. The second kappa shape index (κ2) is 11.2. The summed E-state index contributed by atoms with van der Waals surface area (Å²) in [7, 11) is -2.03. The Morgan fingerprint density at radius 3 is 2.52 bits per heavy atom. The second-order valence-electron chi connectivity index (χ2n) is 5.87. The Kier molecular flexibility index (Phi) is 11.0. The van der Waals surface area contributed by atoms with Crippen LogP contribution in [0.25, 0.3) is 0 Å². The van der Waals surface area contributed by atoms with Crippen LogP contribution in [0.2, 0.25) is 0 Å². The normalized spacial score (nSPS) is 12.4. The number of halogens is 1. The van der Waals surface area contributed by atoms with Gasteiger partial charge in [0.05, 0.1) is 11.4 Å². The SMILES string of the molecule is CCNC(=NCc1cccc(S(=O)(=O)NC)c1)NCC(C)(C)SC.I. The van der Waals surface area contributed by atoms with E-state index < -0.39 is 10.0 Å². The number of hydrogen-bond acceptors (Lipinski definition) is 4. The summed E-state index contributed by atoms with van der Waals surface area (Å²) in [5, 5.41) is 6.53. The molecule has 0 radical (unpaired) electrons. The fourth-order valence-electron chi connectivity index (χ4n) is 1.81. The topological polar surface area (TPSA) is 82.6 Å². The van der Waals surface area contributed by atoms with E-state index in [0.29, 0.717) is 6.54 Å². The van der Waals surface area contributed by atoms with Crippen LogP contribution in [-0.4, -0.2) is 45.5 Å². The van der Waals surface area contributed by atoms with E-state index >= 15 is 0 Å². The van der Waals surface area contributed by atoms with Crippen LogP contribution in [0, 0.1) is 0 Å². The van der Waals surface area contributed by atoms with Crippen molar-refractivity contribution in [3.63, 3.8) is 0 Å². The number of thioether (sulfide) groups is 1. The van der Waals surface area contributed by atoms with Crippen molar-refractivity contribution in [3.8, 4) is 0 Å². The zero-order chi connectivity index (χ0) is 18.2. The molecule has 144 valence electrons. The minimum Gasteiger partial charge on any atom is -0.357 e. The van der Waals surface area contributed by atoms with Gasteiger partial charge in [0, 0.05) is 17.8 Å². The molecular weight excluding hydrogens is 471 g/mol. The van der Waals surface area contributed by atoms with Gasteiger partial charge in [-0.3, -0.25) is 0 Å². The highest BCUT2D eigenvalue weighted by molar-refractivity contribution is 14.0. The molecule has 0 aliphatic heterocycles. The lowest BCUT2D eigenvalue weighted by atomic mass is 10.2. The molecule has 0 aliphatic carbocycles. The first-order valence-electron chi connectivity index (χ1n) is 7.84. The smallest absolute Gasteiger partial charge is 0.240 e. The molecule has 0 fully saturated rings. The van der Waals surface area contributed by atoms with Gasteiger partial charge in [-0.05, 0) is 51.8 Å². The Bertz CT molecular complexity index is 664. The van der Waals surface area contributed by atoms with Crippen LogP contribution in [0.4, 0.5) is 0 Å². The summed E-state index contributed by atoms with van der Waals surface area (Å²) in [6, 6.07) is 6.81. The van der Waals surface area contributed by atoms with Gasteiger partial charge >= 0.3 is 0 Å². The molecule has 0 atom stereocenters. The maximum atomic E-state index is 11.9. The van der Waals surface area contributed by atoms with Crippen LogP contribution in [0.15, 0.2) is 34.2 Å². The lowest BCUT2D eigenvalue weighted by Crippen LogP contribution is -2.43. The highest BCUT2D eigenvalue weighted by Crippen LogP contribution is 2.19. The summed E-state index contributed by atoms with van der Waals surface area (Å²) >= 11 is 1.79. The molecule has 0 saturated heterocycles. The lowest BCUT2D eigenvalue weighted by molar-refractivity contribution is 0.588. The third kappa shape index (κ3) is 8.61. The van der Waals surface area contributed by atoms with Gasteiger partial charge in [-0.1, -0.05) is 12.1 Å². The van der Waals surface area contributed by atoms with Crippen LogP contribution >= 0.6 is 35.7 Å². The van der Waals surface area contributed by atoms with Gasteiger partial charge in [0.15, 0.2) is 5.96 Å². The molecule has 1 aromatic rings. The van der Waals surface area contributed by atoms with E-state index in [1.807, 2.05) is 13.0 Å². The molecule has 0 bridgehead atoms. The van der Waals surface area contributed by atoms with E-state index in [1.54, 1.807) is 30.0 Å². The summed E-state index contributed by atoms with van der Waals surface area (Å²) < 4.78 is 26.2.